The number of β-amino-alcohol motifs (C(OH)–C–C–N with tert-alkyl or cyclic N) is 1. The third-order valence-electron chi connectivity index (χ3n) is 4.84. The Kier molecular flexibility index (Phi) is 6.26. The molecular weight excluding hydrogens is 334 g/mol. The van der Waals surface area contributed by atoms with E-state index in [1.165, 1.54) is 0 Å². The molecule has 3 rings (SSSR count). The van der Waals surface area contributed by atoms with Gasteiger partial charge in [0.15, 0.2) is 0 Å². The Labute approximate surface area is 154 Å². The first kappa shape index (κ1) is 18.8. The van der Waals surface area contributed by atoms with Gasteiger partial charge >= 0.3 is 0 Å². The van der Waals surface area contributed by atoms with Crippen molar-refractivity contribution in [2.75, 3.05) is 56.2 Å². The maximum absolute atomic E-state index is 12.1. The number of anilines is 2. The molecule has 0 bridgehead atoms. The van der Waals surface area contributed by atoms with Gasteiger partial charge in [0, 0.05) is 45.3 Å². The summed E-state index contributed by atoms with van der Waals surface area (Å²) in [6, 6.07) is 1.96. The van der Waals surface area contributed by atoms with Crippen LogP contribution in [0.1, 0.15) is 37.8 Å². The van der Waals surface area contributed by atoms with Gasteiger partial charge in [0.1, 0.15) is 5.82 Å². The van der Waals surface area contributed by atoms with Crippen LogP contribution in [0.3, 0.4) is 0 Å². The van der Waals surface area contributed by atoms with Crippen molar-refractivity contribution in [2.45, 2.75) is 38.2 Å². The van der Waals surface area contributed by atoms with Crippen molar-refractivity contribution in [1.29, 1.82) is 0 Å². The standard InChI is InChI=1S/C18H29N5O3/c1-3-4-6-19-17(25)11-22(2)16-8-15(13-5-7-26-12-13)20-18(21-16)23-9-14(24)10-23/h8,13-14,24H,3-7,9-12H2,1-2H3,(H,19,25). The Morgan fingerprint density at radius 1 is 1.46 bits per heavy atom. The van der Waals surface area contributed by atoms with Crippen LogP contribution in [-0.2, 0) is 9.53 Å². The fourth-order valence-corrected chi connectivity index (χ4v) is 3.13. The van der Waals surface area contributed by atoms with Crippen LogP contribution in [-0.4, -0.2) is 73.5 Å². The molecule has 2 N–H and O–H groups in total. The number of likely N-dealkylation sites (N-methyl/N-ethyl adjacent to an activating group) is 1. The van der Waals surface area contributed by atoms with Gasteiger partial charge in [-0.3, -0.25) is 4.79 Å². The topological polar surface area (TPSA) is 90.8 Å². The molecule has 1 aromatic heterocycles. The van der Waals surface area contributed by atoms with Crippen LogP contribution in [0.15, 0.2) is 6.07 Å². The lowest BCUT2D eigenvalue weighted by Gasteiger charge is -2.36. The lowest BCUT2D eigenvalue weighted by molar-refractivity contribution is -0.119. The lowest BCUT2D eigenvalue weighted by atomic mass is 10.0. The molecular formula is C18H29N5O3. The molecule has 0 aliphatic carbocycles. The summed E-state index contributed by atoms with van der Waals surface area (Å²) in [4.78, 5) is 25.2. The predicted octanol–water partition coefficient (Wildman–Crippen LogP) is 0.514. The average Bonchev–Trinajstić information content (AvgIpc) is 3.13. The largest absolute Gasteiger partial charge is 0.389 e. The number of carbonyl (C=O) groups is 1. The zero-order valence-corrected chi connectivity index (χ0v) is 15.6. The summed E-state index contributed by atoms with van der Waals surface area (Å²) >= 11 is 0. The van der Waals surface area contributed by atoms with Crippen molar-refractivity contribution < 1.29 is 14.6 Å². The summed E-state index contributed by atoms with van der Waals surface area (Å²) < 4.78 is 5.50. The summed E-state index contributed by atoms with van der Waals surface area (Å²) in [6.45, 7) is 5.56. The molecule has 1 unspecified atom stereocenters. The normalized spacial score (nSPS) is 20.1. The first-order valence-electron chi connectivity index (χ1n) is 9.44. The van der Waals surface area contributed by atoms with E-state index >= 15 is 0 Å². The van der Waals surface area contributed by atoms with Crippen LogP contribution in [0.5, 0.6) is 0 Å². The van der Waals surface area contributed by atoms with E-state index in [0.29, 0.717) is 32.2 Å². The van der Waals surface area contributed by atoms with Gasteiger partial charge in [-0.2, -0.15) is 4.98 Å². The quantitative estimate of drug-likeness (QED) is 0.651. The van der Waals surface area contributed by atoms with Crippen molar-refractivity contribution in [2.24, 2.45) is 0 Å². The van der Waals surface area contributed by atoms with Crippen LogP contribution in [0.25, 0.3) is 0 Å². The second-order valence-electron chi connectivity index (χ2n) is 7.13. The van der Waals surface area contributed by atoms with Crippen LogP contribution >= 0.6 is 0 Å². The Hall–Kier alpha value is -1.93. The molecule has 3 heterocycles. The summed E-state index contributed by atoms with van der Waals surface area (Å²) in [5.74, 6) is 1.59. The molecule has 0 radical (unpaired) electrons. The number of aliphatic hydroxyl groups is 1. The Morgan fingerprint density at radius 3 is 2.92 bits per heavy atom. The molecule has 2 aliphatic heterocycles. The van der Waals surface area contributed by atoms with E-state index in [4.69, 9.17) is 9.72 Å². The van der Waals surface area contributed by atoms with Crippen LogP contribution in [0, 0.1) is 0 Å². The number of unbranched alkanes of at least 4 members (excludes halogenated alkanes) is 1. The molecule has 1 atom stereocenters. The Balaban J connectivity index is 1.72. The van der Waals surface area contributed by atoms with E-state index in [-0.39, 0.29) is 24.5 Å². The SMILES string of the molecule is CCCCNC(=O)CN(C)c1cc(C2CCOC2)nc(N2CC(O)C2)n1. The fraction of sp³-hybridized carbons (Fsp3) is 0.722. The fourth-order valence-electron chi connectivity index (χ4n) is 3.13. The van der Waals surface area contributed by atoms with E-state index < -0.39 is 0 Å². The molecule has 2 fully saturated rings. The maximum atomic E-state index is 12.1. The molecule has 8 nitrogen and oxygen atoms in total. The highest BCUT2D eigenvalue weighted by Gasteiger charge is 2.29. The molecule has 2 aliphatic rings. The van der Waals surface area contributed by atoms with Crippen molar-refractivity contribution in [1.82, 2.24) is 15.3 Å². The number of rotatable bonds is 8. The van der Waals surface area contributed by atoms with E-state index in [1.54, 1.807) is 0 Å². The van der Waals surface area contributed by atoms with Gasteiger partial charge in [-0.1, -0.05) is 13.3 Å². The molecule has 0 spiro atoms. The molecule has 1 aromatic rings. The van der Waals surface area contributed by atoms with Crippen molar-refractivity contribution in [3.05, 3.63) is 11.8 Å². The zero-order valence-electron chi connectivity index (χ0n) is 15.6. The van der Waals surface area contributed by atoms with Gasteiger partial charge in [0.25, 0.3) is 0 Å². The Bertz CT molecular complexity index is 615. The van der Waals surface area contributed by atoms with Crippen LogP contribution in [0.2, 0.25) is 0 Å². The molecule has 2 saturated heterocycles. The van der Waals surface area contributed by atoms with Crippen LogP contribution < -0.4 is 15.1 Å². The van der Waals surface area contributed by atoms with Crippen molar-refractivity contribution >= 4 is 17.7 Å². The second-order valence-corrected chi connectivity index (χ2v) is 7.13. The van der Waals surface area contributed by atoms with E-state index in [1.807, 2.05) is 22.9 Å². The number of nitrogens with zero attached hydrogens (tertiary/aromatic N) is 4. The molecule has 26 heavy (non-hydrogen) atoms. The minimum Gasteiger partial charge on any atom is -0.389 e. The lowest BCUT2D eigenvalue weighted by Crippen LogP contribution is -2.51. The first-order chi connectivity index (χ1) is 12.6. The van der Waals surface area contributed by atoms with Gasteiger partial charge in [0.2, 0.25) is 11.9 Å². The molecule has 0 aromatic carbocycles. The van der Waals surface area contributed by atoms with Crippen molar-refractivity contribution in [3.8, 4) is 0 Å². The monoisotopic (exact) mass is 363 g/mol. The number of nitrogens with one attached hydrogen (secondary N) is 1. The molecule has 144 valence electrons. The smallest absolute Gasteiger partial charge is 0.239 e. The summed E-state index contributed by atoms with van der Waals surface area (Å²) in [7, 11) is 1.87. The number of hydrogen-bond acceptors (Lipinski definition) is 7. The number of aromatic nitrogens is 2. The third-order valence-corrected chi connectivity index (χ3v) is 4.84. The van der Waals surface area contributed by atoms with E-state index in [2.05, 4.69) is 17.2 Å². The minimum absolute atomic E-state index is 0.00812. The second kappa shape index (κ2) is 8.64. The highest BCUT2D eigenvalue weighted by Crippen LogP contribution is 2.29. The zero-order chi connectivity index (χ0) is 18.5. The van der Waals surface area contributed by atoms with E-state index in [0.717, 1.165) is 37.4 Å². The van der Waals surface area contributed by atoms with Crippen molar-refractivity contribution in [3.63, 3.8) is 0 Å². The first-order valence-corrected chi connectivity index (χ1v) is 9.44. The minimum atomic E-state index is -0.317. The van der Waals surface area contributed by atoms with Gasteiger partial charge in [-0.15, -0.1) is 0 Å². The van der Waals surface area contributed by atoms with Gasteiger partial charge < -0.3 is 25.0 Å². The van der Waals surface area contributed by atoms with Gasteiger partial charge in [-0.25, -0.2) is 4.98 Å². The highest BCUT2D eigenvalue weighted by atomic mass is 16.5. The number of carbonyl (C=O) groups excluding carboxylic acids is 1. The highest BCUT2D eigenvalue weighted by molar-refractivity contribution is 5.80. The molecule has 0 saturated carbocycles. The molecule has 1 amide bonds. The van der Waals surface area contributed by atoms with Gasteiger partial charge in [0.05, 0.1) is 24.9 Å². The van der Waals surface area contributed by atoms with E-state index in [9.17, 15) is 9.90 Å². The summed E-state index contributed by atoms with van der Waals surface area (Å²) in [5.41, 5.74) is 0.946. The number of hydrogen-bond donors (Lipinski definition) is 2. The third kappa shape index (κ3) is 4.62. The van der Waals surface area contributed by atoms with Crippen LogP contribution in [0.4, 0.5) is 11.8 Å². The maximum Gasteiger partial charge on any atom is 0.239 e. The van der Waals surface area contributed by atoms with Gasteiger partial charge in [-0.05, 0) is 12.8 Å². The summed E-state index contributed by atoms with van der Waals surface area (Å²) in [6.07, 6.45) is 2.66. The molecule has 8 heteroatoms. The Morgan fingerprint density at radius 2 is 2.27 bits per heavy atom. The average molecular weight is 363 g/mol. The predicted molar refractivity (Wildman–Crippen MR) is 99.6 cm³/mol. The number of ether oxygens (including phenoxy) is 1. The number of aliphatic hydroxyl groups excluding tert-OH is 1. The number of amides is 1. The summed E-state index contributed by atoms with van der Waals surface area (Å²) in [5, 5.41) is 12.5.